The predicted molar refractivity (Wildman–Crippen MR) is 75.9 cm³/mol. The SMILES string of the molecule is Cc1ccc(C2CNC(C(C)C)CCO2)cc1C. The van der Waals surface area contributed by atoms with Crippen LogP contribution in [-0.2, 0) is 4.74 Å². The summed E-state index contributed by atoms with van der Waals surface area (Å²) in [6.07, 6.45) is 1.31. The zero-order valence-corrected chi connectivity index (χ0v) is 12.0. The van der Waals surface area contributed by atoms with Gasteiger partial charge in [0.25, 0.3) is 0 Å². The van der Waals surface area contributed by atoms with Crippen LogP contribution in [0.4, 0.5) is 0 Å². The number of nitrogens with one attached hydrogen (secondary N) is 1. The second kappa shape index (κ2) is 5.85. The second-order valence-electron chi connectivity index (χ2n) is 5.75. The standard InChI is InChI=1S/C16H25NO/c1-11(2)15-7-8-18-16(10-17-15)14-6-5-12(3)13(4)9-14/h5-6,9,11,15-17H,7-8,10H2,1-4H3. The molecule has 2 unspecified atom stereocenters. The molecule has 2 heteroatoms. The Morgan fingerprint density at radius 1 is 1.22 bits per heavy atom. The molecule has 100 valence electrons. The molecule has 0 radical (unpaired) electrons. The van der Waals surface area contributed by atoms with Crippen molar-refractivity contribution >= 4 is 0 Å². The summed E-state index contributed by atoms with van der Waals surface area (Å²) in [6.45, 7) is 10.6. The highest BCUT2D eigenvalue weighted by Crippen LogP contribution is 2.23. The van der Waals surface area contributed by atoms with Crippen LogP contribution in [0, 0.1) is 19.8 Å². The van der Waals surface area contributed by atoms with E-state index in [2.05, 4.69) is 51.2 Å². The quantitative estimate of drug-likeness (QED) is 0.865. The number of hydrogen-bond donors (Lipinski definition) is 1. The third kappa shape index (κ3) is 3.12. The molecule has 1 saturated heterocycles. The second-order valence-corrected chi connectivity index (χ2v) is 5.75. The Balaban J connectivity index is 2.07. The van der Waals surface area contributed by atoms with Crippen LogP contribution in [0.25, 0.3) is 0 Å². The molecule has 2 nitrogen and oxygen atoms in total. The summed E-state index contributed by atoms with van der Waals surface area (Å²) in [5, 5.41) is 3.64. The van der Waals surface area contributed by atoms with Gasteiger partial charge in [0.1, 0.15) is 0 Å². The van der Waals surface area contributed by atoms with E-state index in [0.29, 0.717) is 12.0 Å². The first-order valence-electron chi connectivity index (χ1n) is 7.00. The molecule has 1 aromatic carbocycles. The van der Waals surface area contributed by atoms with E-state index in [1.54, 1.807) is 0 Å². The third-order valence-corrected chi connectivity index (χ3v) is 4.02. The Hall–Kier alpha value is -0.860. The fraction of sp³-hybridized carbons (Fsp3) is 0.625. The monoisotopic (exact) mass is 247 g/mol. The molecule has 0 saturated carbocycles. The fourth-order valence-electron chi connectivity index (χ4n) is 2.50. The summed E-state index contributed by atoms with van der Waals surface area (Å²) in [6, 6.07) is 7.24. The van der Waals surface area contributed by atoms with E-state index in [0.717, 1.165) is 19.6 Å². The molecule has 1 heterocycles. The Morgan fingerprint density at radius 2 is 2.00 bits per heavy atom. The highest BCUT2D eigenvalue weighted by atomic mass is 16.5. The Kier molecular flexibility index (Phi) is 4.41. The maximum atomic E-state index is 6.00. The van der Waals surface area contributed by atoms with Crippen molar-refractivity contribution in [2.45, 2.75) is 46.3 Å². The number of ether oxygens (including phenoxy) is 1. The van der Waals surface area contributed by atoms with Crippen molar-refractivity contribution in [3.63, 3.8) is 0 Å². The molecule has 0 spiro atoms. The molecule has 18 heavy (non-hydrogen) atoms. The predicted octanol–water partition coefficient (Wildman–Crippen LogP) is 3.38. The van der Waals surface area contributed by atoms with Gasteiger partial charge in [0.05, 0.1) is 6.10 Å². The van der Waals surface area contributed by atoms with Gasteiger partial charge in [-0.15, -0.1) is 0 Å². The van der Waals surface area contributed by atoms with Gasteiger partial charge in [-0.3, -0.25) is 0 Å². The van der Waals surface area contributed by atoms with Crippen molar-refractivity contribution < 1.29 is 4.74 Å². The zero-order chi connectivity index (χ0) is 13.1. The van der Waals surface area contributed by atoms with Gasteiger partial charge >= 0.3 is 0 Å². The summed E-state index contributed by atoms with van der Waals surface area (Å²) in [7, 11) is 0. The Morgan fingerprint density at radius 3 is 2.67 bits per heavy atom. The molecule has 1 aliphatic rings. The van der Waals surface area contributed by atoms with Crippen molar-refractivity contribution in [1.82, 2.24) is 5.32 Å². The largest absolute Gasteiger partial charge is 0.372 e. The number of hydrogen-bond acceptors (Lipinski definition) is 2. The normalized spacial score (nSPS) is 25.2. The minimum absolute atomic E-state index is 0.202. The van der Waals surface area contributed by atoms with Gasteiger partial charge in [-0.25, -0.2) is 0 Å². The average molecular weight is 247 g/mol. The molecule has 0 aromatic heterocycles. The van der Waals surface area contributed by atoms with Gasteiger partial charge in [0.2, 0.25) is 0 Å². The maximum absolute atomic E-state index is 6.00. The highest BCUT2D eigenvalue weighted by molar-refractivity contribution is 5.31. The minimum atomic E-state index is 0.202. The van der Waals surface area contributed by atoms with E-state index in [9.17, 15) is 0 Å². The summed E-state index contributed by atoms with van der Waals surface area (Å²) in [5.41, 5.74) is 4.00. The molecule has 0 bridgehead atoms. The van der Waals surface area contributed by atoms with Crippen LogP contribution in [0.15, 0.2) is 18.2 Å². The lowest BCUT2D eigenvalue weighted by atomic mass is 10.0. The summed E-state index contributed by atoms with van der Waals surface area (Å²) < 4.78 is 6.00. The Bertz CT molecular complexity index is 400. The number of benzene rings is 1. The van der Waals surface area contributed by atoms with Crippen molar-refractivity contribution in [3.8, 4) is 0 Å². The summed E-state index contributed by atoms with van der Waals surface area (Å²) in [4.78, 5) is 0. The van der Waals surface area contributed by atoms with Crippen molar-refractivity contribution in [3.05, 3.63) is 34.9 Å². The molecular formula is C16H25NO. The van der Waals surface area contributed by atoms with Gasteiger partial charge in [0.15, 0.2) is 0 Å². The molecule has 0 amide bonds. The van der Waals surface area contributed by atoms with Crippen molar-refractivity contribution in [1.29, 1.82) is 0 Å². The third-order valence-electron chi connectivity index (χ3n) is 4.02. The fourth-order valence-corrected chi connectivity index (χ4v) is 2.50. The van der Waals surface area contributed by atoms with Crippen LogP contribution in [0.5, 0.6) is 0 Å². The maximum Gasteiger partial charge on any atom is 0.0949 e. The average Bonchev–Trinajstić information content (AvgIpc) is 2.58. The summed E-state index contributed by atoms with van der Waals surface area (Å²) in [5.74, 6) is 0.673. The lowest BCUT2D eigenvalue weighted by molar-refractivity contribution is 0.0660. The molecule has 2 atom stereocenters. The van der Waals surface area contributed by atoms with Crippen molar-refractivity contribution in [2.75, 3.05) is 13.2 Å². The lowest BCUT2D eigenvalue weighted by Crippen LogP contribution is -2.34. The molecule has 0 aliphatic carbocycles. The number of rotatable bonds is 2. The van der Waals surface area contributed by atoms with Crippen LogP contribution < -0.4 is 5.32 Å². The van der Waals surface area contributed by atoms with E-state index < -0.39 is 0 Å². The van der Waals surface area contributed by atoms with Crippen LogP contribution >= 0.6 is 0 Å². The smallest absolute Gasteiger partial charge is 0.0949 e. The van der Waals surface area contributed by atoms with E-state index in [4.69, 9.17) is 4.74 Å². The van der Waals surface area contributed by atoms with Gasteiger partial charge < -0.3 is 10.1 Å². The first-order valence-corrected chi connectivity index (χ1v) is 7.00. The minimum Gasteiger partial charge on any atom is -0.372 e. The van der Waals surface area contributed by atoms with Gasteiger partial charge in [-0.2, -0.15) is 0 Å². The zero-order valence-electron chi connectivity index (χ0n) is 12.0. The van der Waals surface area contributed by atoms with E-state index >= 15 is 0 Å². The molecule has 1 N–H and O–H groups in total. The van der Waals surface area contributed by atoms with E-state index in [1.165, 1.54) is 16.7 Å². The number of aryl methyl sites for hydroxylation is 2. The molecule has 2 rings (SSSR count). The highest BCUT2D eigenvalue weighted by Gasteiger charge is 2.21. The van der Waals surface area contributed by atoms with Crippen LogP contribution in [0.1, 0.15) is 43.1 Å². The van der Waals surface area contributed by atoms with Gasteiger partial charge in [-0.1, -0.05) is 32.0 Å². The molecular weight excluding hydrogens is 222 g/mol. The molecule has 1 aliphatic heterocycles. The molecule has 1 aromatic rings. The van der Waals surface area contributed by atoms with Gasteiger partial charge in [0, 0.05) is 19.2 Å². The Labute approximate surface area is 111 Å². The summed E-state index contributed by atoms with van der Waals surface area (Å²) >= 11 is 0. The van der Waals surface area contributed by atoms with Gasteiger partial charge in [-0.05, 0) is 42.9 Å². The van der Waals surface area contributed by atoms with Crippen molar-refractivity contribution in [2.24, 2.45) is 5.92 Å². The van der Waals surface area contributed by atoms with E-state index in [1.807, 2.05) is 0 Å². The van der Waals surface area contributed by atoms with Crippen LogP contribution in [0.2, 0.25) is 0 Å². The van der Waals surface area contributed by atoms with Crippen LogP contribution in [0.3, 0.4) is 0 Å². The lowest BCUT2D eigenvalue weighted by Gasteiger charge is -2.20. The first kappa shape index (κ1) is 13.6. The molecule has 1 fully saturated rings. The van der Waals surface area contributed by atoms with Crippen LogP contribution in [-0.4, -0.2) is 19.2 Å². The topological polar surface area (TPSA) is 21.3 Å². The first-order chi connectivity index (χ1) is 8.58. The van der Waals surface area contributed by atoms with E-state index in [-0.39, 0.29) is 6.10 Å².